The molecule has 0 bridgehead atoms. The molecule has 1 amide bonds. The van der Waals surface area contributed by atoms with Crippen molar-refractivity contribution in [2.24, 2.45) is 16.7 Å². The van der Waals surface area contributed by atoms with Gasteiger partial charge in [0.05, 0.1) is 6.61 Å². The molecule has 1 aliphatic heterocycles. The minimum Gasteiger partial charge on any atom is -0.384 e. The molecule has 1 spiro atoms. The van der Waals surface area contributed by atoms with E-state index in [1.807, 2.05) is 0 Å². The maximum atomic E-state index is 12.2. The zero-order chi connectivity index (χ0) is 13.2. The Morgan fingerprint density at radius 1 is 1.44 bits per heavy atom. The molecule has 1 saturated carbocycles. The summed E-state index contributed by atoms with van der Waals surface area (Å²) in [5, 5.41) is 6.47. The van der Waals surface area contributed by atoms with Crippen LogP contribution in [0.3, 0.4) is 0 Å². The summed E-state index contributed by atoms with van der Waals surface area (Å²) in [6, 6.07) is 0. The van der Waals surface area contributed by atoms with Crippen LogP contribution < -0.4 is 10.6 Å². The quantitative estimate of drug-likeness (QED) is 0.774. The molecule has 0 aromatic heterocycles. The highest BCUT2D eigenvalue weighted by atomic mass is 16.5. The molecule has 4 nitrogen and oxygen atoms in total. The molecule has 104 valence electrons. The molecule has 1 saturated heterocycles. The van der Waals surface area contributed by atoms with Gasteiger partial charge in [0.15, 0.2) is 0 Å². The zero-order valence-corrected chi connectivity index (χ0v) is 11.8. The lowest BCUT2D eigenvalue weighted by atomic mass is 9.91. The molecule has 0 aromatic carbocycles. The second kappa shape index (κ2) is 5.17. The maximum Gasteiger partial charge on any atom is 0.223 e. The Kier molecular flexibility index (Phi) is 3.97. The molecule has 18 heavy (non-hydrogen) atoms. The summed E-state index contributed by atoms with van der Waals surface area (Å²) >= 11 is 0. The Bertz CT molecular complexity index is 309. The number of rotatable bonds is 5. The van der Waals surface area contributed by atoms with Crippen LogP contribution in [0.2, 0.25) is 0 Å². The van der Waals surface area contributed by atoms with Crippen molar-refractivity contribution >= 4 is 5.91 Å². The van der Waals surface area contributed by atoms with Crippen LogP contribution in [-0.4, -0.2) is 39.3 Å². The highest BCUT2D eigenvalue weighted by molar-refractivity contribution is 5.82. The number of ether oxygens (including phenoxy) is 1. The van der Waals surface area contributed by atoms with Crippen molar-refractivity contribution in [1.29, 1.82) is 0 Å². The summed E-state index contributed by atoms with van der Waals surface area (Å²) in [7, 11) is 1.70. The van der Waals surface area contributed by atoms with Crippen LogP contribution >= 0.6 is 0 Å². The van der Waals surface area contributed by atoms with E-state index in [-0.39, 0.29) is 17.2 Å². The average Bonchev–Trinajstić information content (AvgIpc) is 3.01. The molecule has 2 rings (SSSR count). The molecule has 2 fully saturated rings. The Balaban J connectivity index is 1.76. The Hall–Kier alpha value is -0.610. The van der Waals surface area contributed by atoms with Gasteiger partial charge >= 0.3 is 0 Å². The fraction of sp³-hybridized carbons (Fsp3) is 0.929. The van der Waals surface area contributed by atoms with Crippen molar-refractivity contribution in [2.45, 2.75) is 33.1 Å². The van der Waals surface area contributed by atoms with Crippen molar-refractivity contribution in [3.63, 3.8) is 0 Å². The van der Waals surface area contributed by atoms with Crippen LogP contribution in [-0.2, 0) is 9.53 Å². The lowest BCUT2D eigenvalue weighted by Gasteiger charge is -2.25. The molecular formula is C14H26N2O2. The summed E-state index contributed by atoms with van der Waals surface area (Å²) in [5.41, 5.74) is 0.349. The van der Waals surface area contributed by atoms with Gasteiger partial charge in [0.25, 0.3) is 0 Å². The van der Waals surface area contributed by atoms with Gasteiger partial charge in [-0.25, -0.2) is 0 Å². The summed E-state index contributed by atoms with van der Waals surface area (Å²) in [4.78, 5) is 12.2. The minimum atomic E-state index is 0.0145. The molecule has 0 aromatic rings. The fourth-order valence-electron chi connectivity index (χ4n) is 3.09. The number of hydrogen-bond donors (Lipinski definition) is 2. The first-order valence-electron chi connectivity index (χ1n) is 6.97. The second-order valence-corrected chi connectivity index (χ2v) is 6.68. The van der Waals surface area contributed by atoms with E-state index >= 15 is 0 Å². The molecule has 4 heteroatoms. The number of methoxy groups -OCH3 is 1. The van der Waals surface area contributed by atoms with Crippen LogP contribution in [0.5, 0.6) is 0 Å². The maximum absolute atomic E-state index is 12.2. The number of nitrogens with one attached hydrogen (secondary N) is 2. The second-order valence-electron chi connectivity index (χ2n) is 6.68. The van der Waals surface area contributed by atoms with Gasteiger partial charge in [-0.1, -0.05) is 13.8 Å². The fourth-order valence-corrected chi connectivity index (χ4v) is 3.09. The standard InChI is InChI=1S/C14H26N2O2/c1-13(2,10-18-3)9-16-12(17)11-8-14(11)4-6-15-7-5-14/h11,15H,4-10H2,1-3H3,(H,16,17)/t11-/m0/s1. The van der Waals surface area contributed by atoms with E-state index in [1.165, 1.54) is 0 Å². The van der Waals surface area contributed by atoms with Crippen LogP contribution in [0, 0.1) is 16.7 Å². The average molecular weight is 254 g/mol. The van der Waals surface area contributed by atoms with E-state index in [9.17, 15) is 4.79 Å². The first kappa shape index (κ1) is 13.8. The van der Waals surface area contributed by atoms with Gasteiger partial charge in [-0.2, -0.15) is 0 Å². The zero-order valence-electron chi connectivity index (χ0n) is 11.8. The van der Waals surface area contributed by atoms with Crippen LogP contribution in [0.15, 0.2) is 0 Å². The lowest BCUT2D eigenvalue weighted by molar-refractivity contribution is -0.123. The summed E-state index contributed by atoms with van der Waals surface area (Å²) in [5.74, 6) is 0.513. The SMILES string of the molecule is COCC(C)(C)CNC(=O)[C@@H]1CC12CCNCC2. The first-order valence-corrected chi connectivity index (χ1v) is 6.97. The van der Waals surface area contributed by atoms with Crippen molar-refractivity contribution in [2.75, 3.05) is 33.4 Å². The molecule has 0 radical (unpaired) electrons. The number of hydrogen-bond acceptors (Lipinski definition) is 3. The van der Waals surface area contributed by atoms with Gasteiger partial charge in [-0.15, -0.1) is 0 Å². The van der Waals surface area contributed by atoms with Crippen molar-refractivity contribution < 1.29 is 9.53 Å². The lowest BCUT2D eigenvalue weighted by Crippen LogP contribution is -2.39. The van der Waals surface area contributed by atoms with Gasteiger partial charge < -0.3 is 15.4 Å². The summed E-state index contributed by atoms with van der Waals surface area (Å²) in [6.07, 6.45) is 3.41. The van der Waals surface area contributed by atoms with Gasteiger partial charge in [-0.3, -0.25) is 4.79 Å². The van der Waals surface area contributed by atoms with Crippen molar-refractivity contribution in [3.8, 4) is 0 Å². The summed E-state index contributed by atoms with van der Waals surface area (Å²) < 4.78 is 5.17. The van der Waals surface area contributed by atoms with E-state index in [0.29, 0.717) is 18.6 Å². The minimum absolute atomic E-state index is 0.0145. The third-order valence-corrected chi connectivity index (χ3v) is 4.38. The molecule has 1 aliphatic carbocycles. The number of carbonyl (C=O) groups excluding carboxylic acids is 1. The normalized spacial score (nSPS) is 26.1. The summed E-state index contributed by atoms with van der Waals surface area (Å²) in [6.45, 7) is 7.74. The third-order valence-electron chi connectivity index (χ3n) is 4.38. The van der Waals surface area contributed by atoms with Crippen LogP contribution in [0.4, 0.5) is 0 Å². The van der Waals surface area contributed by atoms with E-state index in [2.05, 4.69) is 24.5 Å². The van der Waals surface area contributed by atoms with E-state index in [1.54, 1.807) is 7.11 Å². The molecular weight excluding hydrogens is 228 g/mol. The van der Waals surface area contributed by atoms with Crippen LogP contribution in [0.1, 0.15) is 33.1 Å². The molecule has 0 unspecified atom stereocenters. The monoisotopic (exact) mass is 254 g/mol. The smallest absolute Gasteiger partial charge is 0.223 e. The predicted octanol–water partition coefficient (Wildman–Crippen LogP) is 1.16. The largest absolute Gasteiger partial charge is 0.384 e. The van der Waals surface area contributed by atoms with E-state index in [0.717, 1.165) is 32.4 Å². The van der Waals surface area contributed by atoms with Crippen LogP contribution in [0.25, 0.3) is 0 Å². The third kappa shape index (κ3) is 3.04. The topological polar surface area (TPSA) is 50.4 Å². The predicted molar refractivity (Wildman–Crippen MR) is 71.3 cm³/mol. The molecule has 1 atom stereocenters. The van der Waals surface area contributed by atoms with Gasteiger partial charge in [0.1, 0.15) is 0 Å². The first-order chi connectivity index (χ1) is 8.49. The highest BCUT2D eigenvalue weighted by Gasteiger charge is 2.57. The van der Waals surface area contributed by atoms with E-state index in [4.69, 9.17) is 4.74 Å². The number of carbonyl (C=O) groups is 1. The highest BCUT2D eigenvalue weighted by Crippen LogP contribution is 2.58. The Morgan fingerprint density at radius 2 is 2.11 bits per heavy atom. The van der Waals surface area contributed by atoms with Gasteiger partial charge in [-0.05, 0) is 37.8 Å². The molecule has 1 heterocycles. The van der Waals surface area contributed by atoms with Crippen molar-refractivity contribution in [1.82, 2.24) is 10.6 Å². The van der Waals surface area contributed by atoms with Gasteiger partial charge in [0.2, 0.25) is 5.91 Å². The van der Waals surface area contributed by atoms with Gasteiger partial charge in [0, 0.05) is 25.0 Å². The number of amides is 1. The molecule has 2 aliphatic rings. The molecule has 2 N–H and O–H groups in total. The Morgan fingerprint density at radius 3 is 2.72 bits per heavy atom. The Labute approximate surface area is 110 Å². The number of piperidine rings is 1. The van der Waals surface area contributed by atoms with Crippen molar-refractivity contribution in [3.05, 3.63) is 0 Å². The van der Waals surface area contributed by atoms with E-state index < -0.39 is 0 Å².